The second-order valence-corrected chi connectivity index (χ2v) is 10.1. The zero-order valence-electron chi connectivity index (χ0n) is 18.9. The molecule has 0 saturated heterocycles. The minimum Gasteiger partial charge on any atom is -0.405 e. The second-order valence-electron chi connectivity index (χ2n) is 10.1. The summed E-state index contributed by atoms with van der Waals surface area (Å²) in [5, 5.41) is 17.6. The highest BCUT2D eigenvalue weighted by Crippen LogP contribution is 2.59. The predicted octanol–water partition coefficient (Wildman–Crippen LogP) is 4.46. The number of hydrogen-bond donors (Lipinski definition) is 3. The topological polar surface area (TPSA) is 128 Å². The van der Waals surface area contributed by atoms with Crippen molar-refractivity contribution >= 4 is 17.5 Å². The molecule has 4 bridgehead atoms. The zero-order valence-corrected chi connectivity index (χ0v) is 18.9. The fourth-order valence-corrected chi connectivity index (χ4v) is 6.49. The number of anilines is 2. The number of nitrogens with zero attached hydrogens (tertiary/aromatic N) is 3. The van der Waals surface area contributed by atoms with E-state index in [1.807, 2.05) is 0 Å². The highest BCUT2D eigenvalue weighted by Gasteiger charge is 2.54. The Kier molecular flexibility index (Phi) is 5.94. The highest BCUT2D eigenvalue weighted by molar-refractivity contribution is 5.57. The van der Waals surface area contributed by atoms with Crippen LogP contribution in [0.1, 0.15) is 37.7 Å². The number of nitro groups is 1. The first-order valence-electron chi connectivity index (χ1n) is 11.7. The minimum atomic E-state index is -4.82. The summed E-state index contributed by atoms with van der Waals surface area (Å²) >= 11 is 0. The second kappa shape index (κ2) is 8.81. The Morgan fingerprint density at radius 1 is 1.17 bits per heavy atom. The summed E-state index contributed by atoms with van der Waals surface area (Å²) in [5.74, 6) is 1.47. The lowest BCUT2D eigenvalue weighted by Gasteiger charge is -2.59. The SMILES string of the molecule is N[C@@H]1[C@@H]2CC3C[C@H]1C[C@@](CNc1nc(NCc4ccccc4OC(F)(F)F)ncc1[N+](=O)[O-])(C3)C2. The van der Waals surface area contributed by atoms with Crippen LogP contribution in [0.5, 0.6) is 5.75 Å². The number of rotatable bonds is 8. The maximum absolute atomic E-state index is 12.7. The maximum Gasteiger partial charge on any atom is 0.573 e. The molecule has 12 heteroatoms. The van der Waals surface area contributed by atoms with Gasteiger partial charge in [-0.15, -0.1) is 13.2 Å². The van der Waals surface area contributed by atoms with E-state index in [1.165, 1.54) is 31.0 Å². The van der Waals surface area contributed by atoms with Crippen LogP contribution in [0.4, 0.5) is 30.6 Å². The summed E-state index contributed by atoms with van der Waals surface area (Å²) in [6.07, 6.45) is 1.72. The molecule has 0 spiro atoms. The lowest BCUT2D eigenvalue weighted by atomic mass is 9.48. The van der Waals surface area contributed by atoms with E-state index in [2.05, 4.69) is 25.3 Å². The van der Waals surface area contributed by atoms with Gasteiger partial charge in [-0.05, 0) is 61.3 Å². The van der Waals surface area contributed by atoms with Crippen LogP contribution < -0.4 is 21.1 Å². The summed E-state index contributed by atoms with van der Waals surface area (Å²) < 4.78 is 42.1. The van der Waals surface area contributed by atoms with E-state index < -0.39 is 11.3 Å². The van der Waals surface area contributed by atoms with Gasteiger partial charge in [0.25, 0.3) is 0 Å². The molecule has 188 valence electrons. The summed E-state index contributed by atoms with van der Waals surface area (Å²) in [4.78, 5) is 19.3. The molecule has 4 fully saturated rings. The molecule has 1 aromatic carbocycles. The standard InChI is InChI=1S/C23H27F3N6O3/c24-23(25,26)35-18-4-2-1-3-14(18)10-28-21-29-11-17(32(33)34)20(31-21)30-12-22-7-13-5-15(8-22)19(27)16(6-13)9-22/h1-4,11,13,15-16,19H,5-10,12,27H2,(H2,28,29,30,31)/t13?,15-,16+,19-,22-. The molecule has 6 rings (SSSR count). The Morgan fingerprint density at radius 2 is 1.89 bits per heavy atom. The number of nitrogens with two attached hydrogens (primary N) is 1. The Bertz CT molecular complexity index is 1100. The molecule has 2 aromatic rings. The lowest BCUT2D eigenvalue weighted by molar-refractivity contribution is -0.384. The molecular formula is C23H27F3N6O3. The molecule has 4 saturated carbocycles. The van der Waals surface area contributed by atoms with E-state index in [0.717, 1.165) is 25.5 Å². The first kappa shape index (κ1) is 23.6. The van der Waals surface area contributed by atoms with Crippen LogP contribution in [-0.2, 0) is 6.54 Å². The molecule has 35 heavy (non-hydrogen) atoms. The van der Waals surface area contributed by atoms with Gasteiger partial charge in [-0.2, -0.15) is 4.98 Å². The van der Waals surface area contributed by atoms with E-state index in [0.29, 0.717) is 24.3 Å². The van der Waals surface area contributed by atoms with E-state index >= 15 is 0 Å². The number of hydrogen-bond acceptors (Lipinski definition) is 8. The number of alkyl halides is 3. The van der Waals surface area contributed by atoms with E-state index in [9.17, 15) is 23.3 Å². The number of benzene rings is 1. The Balaban J connectivity index is 1.30. The molecule has 4 aliphatic carbocycles. The number of aromatic nitrogens is 2. The fraction of sp³-hybridized carbons (Fsp3) is 0.565. The van der Waals surface area contributed by atoms with Crippen LogP contribution in [0.2, 0.25) is 0 Å². The molecule has 5 atom stereocenters. The summed E-state index contributed by atoms with van der Waals surface area (Å²) in [6, 6.07) is 5.96. The van der Waals surface area contributed by atoms with Gasteiger partial charge in [0.2, 0.25) is 11.8 Å². The number of nitrogens with one attached hydrogen (secondary N) is 2. The van der Waals surface area contributed by atoms with Crippen molar-refractivity contribution in [3.63, 3.8) is 0 Å². The van der Waals surface area contributed by atoms with Crippen molar-refractivity contribution in [3.05, 3.63) is 46.1 Å². The largest absolute Gasteiger partial charge is 0.573 e. The molecule has 4 aliphatic rings. The fourth-order valence-electron chi connectivity index (χ4n) is 6.49. The first-order chi connectivity index (χ1) is 16.6. The molecule has 1 unspecified atom stereocenters. The van der Waals surface area contributed by atoms with Crippen LogP contribution >= 0.6 is 0 Å². The maximum atomic E-state index is 12.7. The Hall–Kier alpha value is -3.15. The third-order valence-corrected chi connectivity index (χ3v) is 7.71. The van der Waals surface area contributed by atoms with E-state index in [1.54, 1.807) is 6.07 Å². The summed E-state index contributed by atoms with van der Waals surface area (Å²) in [6.45, 7) is 0.499. The third kappa shape index (κ3) is 4.97. The lowest BCUT2D eigenvalue weighted by Crippen LogP contribution is -2.58. The summed E-state index contributed by atoms with van der Waals surface area (Å²) in [7, 11) is 0. The molecule has 0 amide bonds. The number of para-hydroxylation sites is 1. The van der Waals surface area contributed by atoms with Crippen molar-refractivity contribution in [1.82, 2.24) is 9.97 Å². The van der Waals surface area contributed by atoms with Crippen molar-refractivity contribution in [1.29, 1.82) is 0 Å². The number of halogens is 3. The van der Waals surface area contributed by atoms with Crippen molar-refractivity contribution < 1.29 is 22.8 Å². The summed E-state index contributed by atoms with van der Waals surface area (Å²) in [5.41, 5.74) is 6.47. The van der Waals surface area contributed by atoms with Gasteiger partial charge in [0.15, 0.2) is 0 Å². The smallest absolute Gasteiger partial charge is 0.405 e. The number of ether oxygens (including phenoxy) is 1. The van der Waals surface area contributed by atoms with Crippen molar-refractivity contribution in [3.8, 4) is 5.75 Å². The monoisotopic (exact) mass is 492 g/mol. The Morgan fingerprint density at radius 3 is 2.57 bits per heavy atom. The van der Waals surface area contributed by atoms with Crippen LogP contribution in [0, 0.1) is 33.3 Å². The molecule has 1 heterocycles. The van der Waals surface area contributed by atoms with Gasteiger partial charge in [-0.1, -0.05) is 18.2 Å². The molecule has 0 radical (unpaired) electrons. The average Bonchev–Trinajstić information content (AvgIpc) is 2.79. The van der Waals surface area contributed by atoms with Crippen LogP contribution in [0.25, 0.3) is 0 Å². The molecule has 1 aromatic heterocycles. The van der Waals surface area contributed by atoms with Crippen LogP contribution in [0.15, 0.2) is 30.5 Å². The minimum absolute atomic E-state index is 0.0483. The van der Waals surface area contributed by atoms with Crippen molar-refractivity contribution in [2.24, 2.45) is 28.9 Å². The van der Waals surface area contributed by atoms with Gasteiger partial charge in [-0.25, -0.2) is 4.98 Å². The highest BCUT2D eigenvalue weighted by atomic mass is 19.4. The van der Waals surface area contributed by atoms with Gasteiger partial charge in [0, 0.05) is 24.7 Å². The van der Waals surface area contributed by atoms with Crippen molar-refractivity contribution in [2.75, 3.05) is 17.2 Å². The van der Waals surface area contributed by atoms with Gasteiger partial charge >= 0.3 is 12.0 Å². The van der Waals surface area contributed by atoms with Gasteiger partial charge in [-0.3, -0.25) is 10.1 Å². The van der Waals surface area contributed by atoms with Crippen LogP contribution in [0.3, 0.4) is 0 Å². The predicted molar refractivity (Wildman–Crippen MR) is 122 cm³/mol. The quantitative estimate of drug-likeness (QED) is 0.364. The zero-order chi connectivity index (χ0) is 24.8. The van der Waals surface area contributed by atoms with Crippen LogP contribution in [-0.4, -0.2) is 33.8 Å². The van der Waals surface area contributed by atoms with E-state index in [-0.39, 0.29) is 46.8 Å². The third-order valence-electron chi connectivity index (χ3n) is 7.71. The molecule has 4 N–H and O–H groups in total. The van der Waals surface area contributed by atoms with Crippen molar-refractivity contribution in [2.45, 2.75) is 51.1 Å². The molecule has 0 aliphatic heterocycles. The normalized spacial score (nSPS) is 29.1. The van der Waals surface area contributed by atoms with E-state index in [4.69, 9.17) is 5.73 Å². The Labute approximate surface area is 199 Å². The average molecular weight is 493 g/mol. The first-order valence-corrected chi connectivity index (χ1v) is 11.7. The van der Waals surface area contributed by atoms with Gasteiger partial charge in [0.1, 0.15) is 11.9 Å². The van der Waals surface area contributed by atoms with Gasteiger partial charge in [0.05, 0.1) is 4.92 Å². The van der Waals surface area contributed by atoms with Gasteiger partial charge < -0.3 is 21.1 Å². The molecule has 9 nitrogen and oxygen atoms in total. The molecular weight excluding hydrogens is 465 g/mol.